The van der Waals surface area contributed by atoms with E-state index in [-0.39, 0.29) is 18.4 Å². The molecule has 1 heterocycles. The van der Waals surface area contributed by atoms with Crippen LogP contribution in [0.2, 0.25) is 0 Å². The molecule has 1 N–H and O–H groups in total. The lowest BCUT2D eigenvalue weighted by molar-refractivity contribution is -0.145. The van der Waals surface area contributed by atoms with E-state index < -0.39 is 5.97 Å². The van der Waals surface area contributed by atoms with Crippen LogP contribution in [0.5, 0.6) is 0 Å². The van der Waals surface area contributed by atoms with Gasteiger partial charge in [0.05, 0.1) is 0 Å². The maximum absolute atomic E-state index is 10.8. The fourth-order valence-electron chi connectivity index (χ4n) is 1.84. The van der Waals surface area contributed by atoms with Crippen molar-refractivity contribution in [2.45, 2.75) is 45.2 Å². The number of hydrogen-bond donors (Lipinski definition) is 1. The van der Waals surface area contributed by atoms with Crippen molar-refractivity contribution in [1.82, 2.24) is 4.90 Å². The second-order valence-electron chi connectivity index (χ2n) is 3.68. The molecule has 0 amide bonds. The second-order valence-corrected chi connectivity index (χ2v) is 3.68. The summed E-state index contributed by atoms with van der Waals surface area (Å²) in [5, 5.41) is 8.92. The Bertz CT molecular complexity index is 173. The molecular weight excluding hydrogens is 190 g/mol. The topological polar surface area (TPSA) is 40.5 Å². The fraction of sp³-hybridized carbons (Fsp3) is 0.889. The zero-order valence-corrected chi connectivity index (χ0v) is 9.01. The summed E-state index contributed by atoms with van der Waals surface area (Å²) >= 11 is 0. The molecule has 0 aromatic carbocycles. The summed E-state index contributed by atoms with van der Waals surface area (Å²) in [4.78, 5) is 12.9. The van der Waals surface area contributed by atoms with E-state index in [9.17, 15) is 4.79 Å². The highest BCUT2D eigenvalue weighted by atomic mass is 35.5. The number of carbonyl (C=O) groups is 1. The molecule has 1 rings (SSSR count). The van der Waals surface area contributed by atoms with Gasteiger partial charge in [-0.05, 0) is 33.2 Å². The highest BCUT2D eigenvalue weighted by molar-refractivity contribution is 5.85. The highest BCUT2D eigenvalue weighted by Gasteiger charge is 2.29. The van der Waals surface area contributed by atoms with Gasteiger partial charge in [-0.25, -0.2) is 0 Å². The van der Waals surface area contributed by atoms with Gasteiger partial charge in [0.2, 0.25) is 0 Å². The van der Waals surface area contributed by atoms with Gasteiger partial charge in [0.1, 0.15) is 6.04 Å². The third kappa shape index (κ3) is 3.16. The first-order valence-electron chi connectivity index (χ1n) is 4.61. The largest absolute Gasteiger partial charge is 0.480 e. The van der Waals surface area contributed by atoms with E-state index in [1.54, 1.807) is 0 Å². The van der Waals surface area contributed by atoms with E-state index in [1.165, 1.54) is 0 Å². The maximum Gasteiger partial charge on any atom is 0.320 e. The third-order valence-electron chi connectivity index (χ3n) is 2.49. The van der Waals surface area contributed by atoms with Crippen LogP contribution in [0.1, 0.15) is 33.1 Å². The average molecular weight is 208 g/mol. The molecule has 0 radical (unpaired) electrons. The highest BCUT2D eigenvalue weighted by Crippen LogP contribution is 2.19. The predicted octanol–water partition coefficient (Wildman–Crippen LogP) is 1.76. The zero-order chi connectivity index (χ0) is 9.14. The van der Waals surface area contributed by atoms with Gasteiger partial charge in [-0.2, -0.15) is 0 Å². The van der Waals surface area contributed by atoms with Crippen LogP contribution in [0.4, 0.5) is 0 Å². The number of likely N-dealkylation sites (tertiary alicyclic amines) is 1. The van der Waals surface area contributed by atoms with E-state index in [2.05, 4.69) is 18.7 Å². The Morgan fingerprint density at radius 2 is 2.08 bits per heavy atom. The van der Waals surface area contributed by atoms with Crippen LogP contribution in [0.3, 0.4) is 0 Å². The molecule has 1 aliphatic rings. The van der Waals surface area contributed by atoms with E-state index in [0.717, 1.165) is 25.8 Å². The molecule has 0 saturated carbocycles. The van der Waals surface area contributed by atoms with Gasteiger partial charge in [-0.15, -0.1) is 12.4 Å². The SMILES string of the molecule is CC(C)N1CCCCC1C(=O)O.Cl. The quantitative estimate of drug-likeness (QED) is 0.750. The predicted molar refractivity (Wildman–Crippen MR) is 54.4 cm³/mol. The molecule has 13 heavy (non-hydrogen) atoms. The molecule has 0 aromatic rings. The van der Waals surface area contributed by atoms with Crippen molar-refractivity contribution >= 4 is 18.4 Å². The summed E-state index contributed by atoms with van der Waals surface area (Å²) in [6.45, 7) is 5.05. The molecule has 78 valence electrons. The molecule has 0 bridgehead atoms. The number of nitrogens with zero attached hydrogens (tertiary/aromatic N) is 1. The minimum Gasteiger partial charge on any atom is -0.480 e. The number of aliphatic carboxylic acids is 1. The van der Waals surface area contributed by atoms with Crippen molar-refractivity contribution in [2.24, 2.45) is 0 Å². The summed E-state index contributed by atoms with van der Waals surface area (Å²) in [5.74, 6) is -0.664. The van der Waals surface area contributed by atoms with Crippen molar-refractivity contribution in [3.8, 4) is 0 Å². The Labute approximate surface area is 85.5 Å². The lowest BCUT2D eigenvalue weighted by atomic mass is 10.0. The van der Waals surface area contributed by atoms with Gasteiger partial charge in [0, 0.05) is 6.04 Å². The normalized spacial score (nSPS) is 24.1. The van der Waals surface area contributed by atoms with Crippen LogP contribution in [0.25, 0.3) is 0 Å². The number of piperidine rings is 1. The van der Waals surface area contributed by atoms with Crippen molar-refractivity contribution in [3.63, 3.8) is 0 Å². The van der Waals surface area contributed by atoms with Crippen molar-refractivity contribution in [2.75, 3.05) is 6.54 Å². The Hall–Kier alpha value is -0.280. The zero-order valence-electron chi connectivity index (χ0n) is 8.19. The molecular formula is C9H18ClNO2. The number of hydrogen-bond acceptors (Lipinski definition) is 2. The lowest BCUT2D eigenvalue weighted by Crippen LogP contribution is -2.48. The van der Waals surface area contributed by atoms with Crippen LogP contribution in [-0.2, 0) is 4.79 Å². The van der Waals surface area contributed by atoms with E-state index in [0.29, 0.717) is 6.04 Å². The second kappa shape index (κ2) is 5.45. The molecule has 4 heteroatoms. The Morgan fingerprint density at radius 1 is 1.46 bits per heavy atom. The van der Waals surface area contributed by atoms with Gasteiger partial charge in [0.25, 0.3) is 0 Å². The summed E-state index contributed by atoms with van der Waals surface area (Å²) in [5.41, 5.74) is 0. The molecule has 1 aliphatic heterocycles. The van der Waals surface area contributed by atoms with Crippen LogP contribution in [-0.4, -0.2) is 34.6 Å². The van der Waals surface area contributed by atoms with Gasteiger partial charge in [-0.1, -0.05) is 6.42 Å². The first-order valence-corrected chi connectivity index (χ1v) is 4.61. The molecule has 1 saturated heterocycles. The number of rotatable bonds is 2. The fourth-order valence-corrected chi connectivity index (χ4v) is 1.84. The minimum absolute atomic E-state index is 0. The van der Waals surface area contributed by atoms with E-state index >= 15 is 0 Å². The van der Waals surface area contributed by atoms with Crippen molar-refractivity contribution < 1.29 is 9.90 Å². The van der Waals surface area contributed by atoms with Gasteiger partial charge in [-0.3, -0.25) is 9.69 Å². The summed E-state index contributed by atoms with van der Waals surface area (Å²) in [6.07, 6.45) is 3.01. The summed E-state index contributed by atoms with van der Waals surface area (Å²) in [7, 11) is 0. The maximum atomic E-state index is 10.8. The molecule has 1 unspecified atom stereocenters. The molecule has 0 aromatic heterocycles. The average Bonchev–Trinajstić information content (AvgIpc) is 2.04. The lowest BCUT2D eigenvalue weighted by Gasteiger charge is -2.35. The van der Waals surface area contributed by atoms with Crippen LogP contribution < -0.4 is 0 Å². The standard InChI is InChI=1S/C9H17NO2.ClH/c1-7(2)10-6-4-3-5-8(10)9(11)12;/h7-8H,3-6H2,1-2H3,(H,11,12);1H. The number of halogens is 1. The Balaban J connectivity index is 0.00000144. The smallest absolute Gasteiger partial charge is 0.320 e. The first-order chi connectivity index (χ1) is 5.63. The van der Waals surface area contributed by atoms with Crippen LogP contribution in [0, 0.1) is 0 Å². The molecule has 0 aliphatic carbocycles. The molecule has 3 nitrogen and oxygen atoms in total. The third-order valence-corrected chi connectivity index (χ3v) is 2.49. The van der Waals surface area contributed by atoms with Crippen molar-refractivity contribution in [1.29, 1.82) is 0 Å². The van der Waals surface area contributed by atoms with E-state index in [1.807, 2.05) is 0 Å². The first kappa shape index (κ1) is 12.7. The van der Waals surface area contributed by atoms with Gasteiger partial charge >= 0.3 is 5.97 Å². The molecule has 1 atom stereocenters. The monoisotopic (exact) mass is 207 g/mol. The van der Waals surface area contributed by atoms with E-state index in [4.69, 9.17) is 5.11 Å². The Morgan fingerprint density at radius 3 is 2.46 bits per heavy atom. The van der Waals surface area contributed by atoms with Gasteiger partial charge in [0.15, 0.2) is 0 Å². The van der Waals surface area contributed by atoms with Crippen LogP contribution >= 0.6 is 12.4 Å². The Kier molecular flexibility index (Phi) is 5.33. The summed E-state index contributed by atoms with van der Waals surface area (Å²) in [6, 6.07) is 0.116. The van der Waals surface area contributed by atoms with Crippen LogP contribution in [0.15, 0.2) is 0 Å². The van der Waals surface area contributed by atoms with Crippen molar-refractivity contribution in [3.05, 3.63) is 0 Å². The minimum atomic E-state index is -0.664. The molecule has 0 spiro atoms. The number of carboxylic acid groups (broad SMARTS) is 1. The summed E-state index contributed by atoms with van der Waals surface area (Å²) < 4.78 is 0. The number of carboxylic acids is 1. The van der Waals surface area contributed by atoms with Gasteiger partial charge < -0.3 is 5.11 Å². The molecule has 1 fully saturated rings.